The fourth-order valence-electron chi connectivity index (χ4n) is 1.65. The van der Waals surface area contributed by atoms with Crippen LogP contribution in [0.2, 0.25) is 5.02 Å². The molecule has 0 aliphatic carbocycles. The standard InChI is InChI=1S/C14H9ClN2O/c15-12-5-1-3-10(7-12)13(8-16)14(18)11-4-2-6-17-9-11/h1-7,9,13H. The Morgan fingerprint density at radius 2 is 2.17 bits per heavy atom. The monoisotopic (exact) mass is 256 g/mol. The summed E-state index contributed by atoms with van der Waals surface area (Å²) in [5.74, 6) is -1.12. The Kier molecular flexibility index (Phi) is 3.71. The molecule has 1 aromatic carbocycles. The van der Waals surface area contributed by atoms with Crippen LogP contribution in [-0.4, -0.2) is 10.8 Å². The van der Waals surface area contributed by atoms with Gasteiger partial charge in [0.25, 0.3) is 0 Å². The maximum atomic E-state index is 12.2. The lowest BCUT2D eigenvalue weighted by Crippen LogP contribution is -2.11. The smallest absolute Gasteiger partial charge is 0.185 e. The maximum absolute atomic E-state index is 12.2. The molecule has 1 aromatic heterocycles. The minimum atomic E-state index is -0.854. The van der Waals surface area contributed by atoms with Crippen LogP contribution in [0, 0.1) is 11.3 Å². The Morgan fingerprint density at radius 3 is 2.78 bits per heavy atom. The Bertz CT molecular complexity index is 605. The van der Waals surface area contributed by atoms with Crippen molar-refractivity contribution >= 4 is 17.4 Å². The summed E-state index contributed by atoms with van der Waals surface area (Å²) in [5, 5.41) is 9.67. The number of hydrogen-bond donors (Lipinski definition) is 0. The minimum absolute atomic E-state index is 0.270. The van der Waals surface area contributed by atoms with Crippen LogP contribution in [0.1, 0.15) is 21.8 Å². The van der Waals surface area contributed by atoms with Gasteiger partial charge in [-0.05, 0) is 29.8 Å². The van der Waals surface area contributed by atoms with Gasteiger partial charge in [-0.2, -0.15) is 5.26 Å². The van der Waals surface area contributed by atoms with Gasteiger partial charge in [0.2, 0.25) is 0 Å². The van der Waals surface area contributed by atoms with Crippen LogP contribution in [0.4, 0.5) is 0 Å². The molecule has 0 radical (unpaired) electrons. The third kappa shape index (κ3) is 2.55. The average Bonchev–Trinajstić information content (AvgIpc) is 2.40. The number of Topliss-reactive ketones (excluding diaryl/α,β-unsaturated/α-hetero) is 1. The van der Waals surface area contributed by atoms with Gasteiger partial charge in [0.05, 0.1) is 6.07 Å². The summed E-state index contributed by atoms with van der Waals surface area (Å²) in [6.45, 7) is 0. The molecule has 0 N–H and O–H groups in total. The molecule has 18 heavy (non-hydrogen) atoms. The van der Waals surface area contributed by atoms with E-state index in [-0.39, 0.29) is 5.78 Å². The SMILES string of the molecule is N#CC(C(=O)c1cccnc1)c1cccc(Cl)c1. The van der Waals surface area contributed by atoms with Crippen LogP contribution in [0.15, 0.2) is 48.8 Å². The second-order valence-electron chi connectivity index (χ2n) is 3.72. The molecule has 0 aliphatic rings. The number of carbonyl (C=O) groups is 1. The minimum Gasteiger partial charge on any atom is -0.292 e. The molecule has 0 aliphatic heterocycles. The zero-order valence-corrected chi connectivity index (χ0v) is 10.1. The van der Waals surface area contributed by atoms with E-state index in [4.69, 9.17) is 16.9 Å². The van der Waals surface area contributed by atoms with E-state index in [9.17, 15) is 4.79 Å². The molecule has 0 spiro atoms. The number of ketones is 1. The fraction of sp³-hybridized carbons (Fsp3) is 0.0714. The van der Waals surface area contributed by atoms with Gasteiger partial charge >= 0.3 is 0 Å². The average molecular weight is 257 g/mol. The van der Waals surface area contributed by atoms with Crippen molar-refractivity contribution in [2.45, 2.75) is 5.92 Å². The van der Waals surface area contributed by atoms with Gasteiger partial charge in [-0.3, -0.25) is 9.78 Å². The van der Waals surface area contributed by atoms with Crippen molar-refractivity contribution in [1.29, 1.82) is 5.26 Å². The molecule has 0 amide bonds. The zero-order chi connectivity index (χ0) is 13.0. The normalized spacial score (nSPS) is 11.6. The summed E-state index contributed by atoms with van der Waals surface area (Å²) >= 11 is 5.86. The van der Waals surface area contributed by atoms with Gasteiger partial charge in [-0.25, -0.2) is 0 Å². The summed E-state index contributed by atoms with van der Waals surface area (Å²) in [4.78, 5) is 16.1. The van der Waals surface area contributed by atoms with Gasteiger partial charge < -0.3 is 0 Å². The molecule has 1 atom stereocenters. The van der Waals surface area contributed by atoms with Crippen molar-refractivity contribution in [2.75, 3.05) is 0 Å². The first-order valence-corrected chi connectivity index (χ1v) is 5.69. The molecule has 1 unspecified atom stereocenters. The third-order valence-electron chi connectivity index (χ3n) is 2.52. The van der Waals surface area contributed by atoms with Crippen molar-refractivity contribution < 1.29 is 4.79 Å². The topological polar surface area (TPSA) is 53.8 Å². The van der Waals surface area contributed by atoms with Gasteiger partial charge in [0, 0.05) is 23.0 Å². The third-order valence-corrected chi connectivity index (χ3v) is 2.75. The molecule has 2 aromatic rings. The van der Waals surface area contributed by atoms with Gasteiger partial charge in [0.1, 0.15) is 5.92 Å². The lowest BCUT2D eigenvalue weighted by atomic mass is 9.93. The second kappa shape index (κ2) is 5.44. The Balaban J connectivity index is 2.36. The van der Waals surface area contributed by atoms with Crippen molar-refractivity contribution in [3.05, 3.63) is 64.9 Å². The highest BCUT2D eigenvalue weighted by Crippen LogP contribution is 2.22. The molecular weight excluding hydrogens is 248 g/mol. The summed E-state index contributed by atoms with van der Waals surface area (Å²) in [6.07, 6.45) is 3.04. The number of carbonyl (C=O) groups excluding carboxylic acids is 1. The summed E-state index contributed by atoms with van der Waals surface area (Å²) in [6, 6.07) is 12.1. The van der Waals surface area contributed by atoms with Crippen LogP contribution in [-0.2, 0) is 0 Å². The molecule has 0 fully saturated rings. The lowest BCUT2D eigenvalue weighted by Gasteiger charge is -2.08. The number of halogens is 1. The summed E-state index contributed by atoms with van der Waals surface area (Å²) in [5.41, 5.74) is 1.02. The van der Waals surface area contributed by atoms with Crippen LogP contribution in [0.5, 0.6) is 0 Å². The van der Waals surface area contributed by atoms with E-state index in [2.05, 4.69) is 4.98 Å². The van der Waals surface area contributed by atoms with E-state index in [1.54, 1.807) is 42.6 Å². The van der Waals surface area contributed by atoms with E-state index >= 15 is 0 Å². The van der Waals surface area contributed by atoms with Crippen LogP contribution < -0.4 is 0 Å². The number of rotatable bonds is 3. The first-order chi connectivity index (χ1) is 8.72. The molecule has 0 bridgehead atoms. The highest BCUT2D eigenvalue weighted by molar-refractivity contribution is 6.30. The van der Waals surface area contributed by atoms with Gasteiger partial charge in [-0.1, -0.05) is 23.7 Å². The molecular formula is C14H9ClN2O. The Morgan fingerprint density at radius 1 is 1.33 bits per heavy atom. The van der Waals surface area contributed by atoms with Crippen molar-refractivity contribution in [3.8, 4) is 6.07 Å². The molecule has 0 saturated heterocycles. The Hall–Kier alpha value is -2.18. The number of nitriles is 1. The molecule has 0 saturated carbocycles. The largest absolute Gasteiger partial charge is 0.292 e. The molecule has 1 heterocycles. The number of aromatic nitrogens is 1. The molecule has 3 nitrogen and oxygen atoms in total. The van der Waals surface area contributed by atoms with Crippen molar-refractivity contribution in [1.82, 2.24) is 4.98 Å². The van der Waals surface area contributed by atoms with Gasteiger partial charge in [0.15, 0.2) is 5.78 Å². The van der Waals surface area contributed by atoms with Crippen molar-refractivity contribution in [3.63, 3.8) is 0 Å². The second-order valence-corrected chi connectivity index (χ2v) is 4.16. The van der Waals surface area contributed by atoms with E-state index in [1.807, 2.05) is 6.07 Å². The number of benzene rings is 1. The highest BCUT2D eigenvalue weighted by atomic mass is 35.5. The van der Waals surface area contributed by atoms with Crippen LogP contribution >= 0.6 is 11.6 Å². The number of nitrogens with zero attached hydrogens (tertiary/aromatic N) is 2. The fourth-order valence-corrected chi connectivity index (χ4v) is 1.84. The molecule has 2 rings (SSSR count). The van der Waals surface area contributed by atoms with Gasteiger partial charge in [-0.15, -0.1) is 0 Å². The predicted octanol–water partition coefficient (Wildman–Crippen LogP) is 3.23. The Labute approximate surface area is 110 Å². The molecule has 88 valence electrons. The molecule has 4 heteroatoms. The quantitative estimate of drug-likeness (QED) is 0.793. The summed E-state index contributed by atoms with van der Waals surface area (Å²) < 4.78 is 0. The van der Waals surface area contributed by atoms with E-state index in [0.29, 0.717) is 16.1 Å². The first kappa shape index (κ1) is 12.3. The van der Waals surface area contributed by atoms with E-state index < -0.39 is 5.92 Å². The lowest BCUT2D eigenvalue weighted by molar-refractivity contribution is 0.0978. The predicted molar refractivity (Wildman–Crippen MR) is 68.4 cm³/mol. The van der Waals surface area contributed by atoms with E-state index in [1.165, 1.54) is 6.20 Å². The highest BCUT2D eigenvalue weighted by Gasteiger charge is 2.21. The zero-order valence-electron chi connectivity index (χ0n) is 9.38. The van der Waals surface area contributed by atoms with Crippen LogP contribution in [0.3, 0.4) is 0 Å². The van der Waals surface area contributed by atoms with Crippen molar-refractivity contribution in [2.24, 2.45) is 0 Å². The van der Waals surface area contributed by atoms with Crippen LogP contribution in [0.25, 0.3) is 0 Å². The number of pyridine rings is 1. The maximum Gasteiger partial charge on any atom is 0.185 e. The number of hydrogen-bond acceptors (Lipinski definition) is 3. The summed E-state index contributed by atoms with van der Waals surface area (Å²) in [7, 11) is 0. The first-order valence-electron chi connectivity index (χ1n) is 5.31. The van der Waals surface area contributed by atoms with E-state index in [0.717, 1.165) is 0 Å².